The van der Waals surface area contributed by atoms with Gasteiger partial charge in [-0.2, -0.15) is 0 Å². The van der Waals surface area contributed by atoms with Crippen molar-refractivity contribution in [2.75, 3.05) is 19.7 Å². The van der Waals surface area contributed by atoms with Gasteiger partial charge in [-0.3, -0.25) is 9.59 Å². The van der Waals surface area contributed by atoms with Gasteiger partial charge in [-0.05, 0) is 36.2 Å². The van der Waals surface area contributed by atoms with Crippen molar-refractivity contribution in [1.82, 2.24) is 9.47 Å². The molecule has 1 N–H and O–H groups in total. The largest absolute Gasteiger partial charge is 0.395 e. The molecule has 5 heteroatoms. The SMILES string of the molecule is O=C(Cn1c2ccccc2c(=O)c2ccccc21)N(CCO)CCc1ccccc1. The highest BCUT2D eigenvalue weighted by atomic mass is 16.3. The summed E-state index contributed by atoms with van der Waals surface area (Å²) in [6, 6.07) is 24.7. The summed E-state index contributed by atoms with van der Waals surface area (Å²) < 4.78 is 1.90. The van der Waals surface area contributed by atoms with Crippen LogP contribution in [0.15, 0.2) is 83.7 Å². The Morgan fingerprint density at radius 3 is 1.97 bits per heavy atom. The molecule has 152 valence electrons. The van der Waals surface area contributed by atoms with E-state index in [1.165, 1.54) is 0 Å². The Morgan fingerprint density at radius 2 is 1.37 bits per heavy atom. The van der Waals surface area contributed by atoms with E-state index < -0.39 is 0 Å². The third kappa shape index (κ3) is 3.98. The van der Waals surface area contributed by atoms with Gasteiger partial charge in [0.15, 0.2) is 5.43 Å². The van der Waals surface area contributed by atoms with Crippen LogP contribution in [-0.4, -0.2) is 40.2 Å². The van der Waals surface area contributed by atoms with Crippen molar-refractivity contribution >= 4 is 27.7 Å². The van der Waals surface area contributed by atoms with E-state index in [1.807, 2.05) is 71.3 Å². The van der Waals surface area contributed by atoms with E-state index in [1.54, 1.807) is 17.0 Å². The fourth-order valence-corrected chi connectivity index (χ4v) is 3.87. The second-order valence-electron chi connectivity index (χ2n) is 7.29. The maximum atomic E-state index is 13.2. The molecule has 5 nitrogen and oxygen atoms in total. The number of nitrogens with zero attached hydrogens (tertiary/aromatic N) is 2. The molecule has 30 heavy (non-hydrogen) atoms. The van der Waals surface area contributed by atoms with Crippen molar-refractivity contribution in [3.8, 4) is 0 Å². The minimum Gasteiger partial charge on any atom is -0.395 e. The van der Waals surface area contributed by atoms with Gasteiger partial charge in [-0.15, -0.1) is 0 Å². The molecule has 4 aromatic rings. The zero-order valence-electron chi connectivity index (χ0n) is 16.7. The number of pyridine rings is 1. The minimum absolute atomic E-state index is 0.0267. The Kier molecular flexibility index (Phi) is 5.91. The number of hydrogen-bond donors (Lipinski definition) is 1. The summed E-state index contributed by atoms with van der Waals surface area (Å²) in [4.78, 5) is 27.8. The van der Waals surface area contributed by atoms with Gasteiger partial charge in [-0.25, -0.2) is 0 Å². The summed E-state index contributed by atoms with van der Waals surface area (Å²) in [5.41, 5.74) is 2.59. The number of benzene rings is 3. The first kappa shape index (κ1) is 19.9. The Hall–Kier alpha value is -3.44. The molecule has 4 rings (SSSR count). The van der Waals surface area contributed by atoms with Crippen LogP contribution in [0.3, 0.4) is 0 Å². The summed E-state index contributed by atoms with van der Waals surface area (Å²) in [6.45, 7) is 0.823. The van der Waals surface area contributed by atoms with Crippen LogP contribution in [0.2, 0.25) is 0 Å². The van der Waals surface area contributed by atoms with E-state index in [-0.39, 0.29) is 31.0 Å². The summed E-state index contributed by atoms with van der Waals surface area (Å²) >= 11 is 0. The second-order valence-corrected chi connectivity index (χ2v) is 7.29. The van der Waals surface area contributed by atoms with Crippen molar-refractivity contribution in [2.24, 2.45) is 0 Å². The first-order valence-corrected chi connectivity index (χ1v) is 10.1. The number of hydrogen-bond acceptors (Lipinski definition) is 3. The predicted molar refractivity (Wildman–Crippen MR) is 120 cm³/mol. The van der Waals surface area contributed by atoms with Crippen LogP contribution in [-0.2, 0) is 17.8 Å². The molecule has 0 saturated heterocycles. The Bertz CT molecular complexity index is 1170. The number of amides is 1. The molecule has 1 amide bonds. The average molecular weight is 400 g/mol. The molecule has 0 aliphatic heterocycles. The van der Waals surface area contributed by atoms with Gasteiger partial charge >= 0.3 is 0 Å². The van der Waals surface area contributed by atoms with E-state index in [0.29, 0.717) is 17.3 Å². The zero-order valence-corrected chi connectivity index (χ0v) is 16.7. The number of carbonyl (C=O) groups excluding carboxylic acids is 1. The number of carbonyl (C=O) groups is 1. The quantitative estimate of drug-likeness (QED) is 0.485. The molecule has 0 unspecified atom stereocenters. The lowest BCUT2D eigenvalue weighted by Crippen LogP contribution is -2.37. The predicted octanol–water partition coefficient (Wildman–Crippen LogP) is 3.22. The Labute approximate surface area is 174 Å². The van der Waals surface area contributed by atoms with Gasteiger partial charge in [0, 0.05) is 23.9 Å². The van der Waals surface area contributed by atoms with Crippen LogP contribution in [0.1, 0.15) is 5.56 Å². The molecule has 1 heterocycles. The number of fused-ring (bicyclic) bond motifs is 2. The number of aliphatic hydroxyl groups excluding tert-OH is 1. The number of aliphatic hydroxyl groups is 1. The molecule has 0 atom stereocenters. The summed E-state index contributed by atoms with van der Waals surface area (Å²) in [6.07, 6.45) is 0.720. The highest BCUT2D eigenvalue weighted by Crippen LogP contribution is 2.19. The van der Waals surface area contributed by atoms with E-state index in [0.717, 1.165) is 23.0 Å². The van der Waals surface area contributed by atoms with Crippen molar-refractivity contribution in [3.63, 3.8) is 0 Å². The standard InChI is InChI=1S/C25H24N2O3/c28-17-16-26(15-14-19-8-2-1-3-9-19)24(29)18-27-22-12-6-4-10-20(22)25(30)21-11-5-7-13-23(21)27/h1-13,28H,14-18H2. The smallest absolute Gasteiger partial charge is 0.242 e. The van der Waals surface area contributed by atoms with Crippen molar-refractivity contribution in [2.45, 2.75) is 13.0 Å². The number of aromatic nitrogens is 1. The average Bonchev–Trinajstić information content (AvgIpc) is 2.80. The normalized spacial score (nSPS) is 11.1. The van der Waals surface area contributed by atoms with Gasteiger partial charge in [-0.1, -0.05) is 54.6 Å². The van der Waals surface area contributed by atoms with Crippen LogP contribution >= 0.6 is 0 Å². The number of rotatable bonds is 7. The maximum absolute atomic E-state index is 13.2. The van der Waals surface area contributed by atoms with Crippen LogP contribution < -0.4 is 5.43 Å². The molecule has 1 aromatic heterocycles. The number of para-hydroxylation sites is 2. The molecule has 0 saturated carbocycles. The second kappa shape index (κ2) is 8.93. The third-order valence-electron chi connectivity index (χ3n) is 5.41. The molecular formula is C25H24N2O3. The minimum atomic E-state index is -0.0911. The Balaban J connectivity index is 1.68. The molecular weight excluding hydrogens is 376 g/mol. The zero-order chi connectivity index (χ0) is 20.9. The van der Waals surface area contributed by atoms with Crippen molar-refractivity contribution in [1.29, 1.82) is 0 Å². The van der Waals surface area contributed by atoms with E-state index in [4.69, 9.17) is 0 Å². The van der Waals surface area contributed by atoms with Crippen LogP contribution in [0.4, 0.5) is 0 Å². The molecule has 0 aliphatic carbocycles. The van der Waals surface area contributed by atoms with Gasteiger partial charge in [0.1, 0.15) is 6.54 Å². The van der Waals surface area contributed by atoms with Crippen LogP contribution in [0.5, 0.6) is 0 Å². The van der Waals surface area contributed by atoms with Gasteiger partial charge in [0.2, 0.25) is 5.91 Å². The first-order chi connectivity index (χ1) is 14.7. The van der Waals surface area contributed by atoms with Gasteiger partial charge < -0.3 is 14.6 Å². The van der Waals surface area contributed by atoms with Gasteiger partial charge in [0.05, 0.1) is 17.6 Å². The highest BCUT2D eigenvalue weighted by Gasteiger charge is 2.17. The molecule has 0 bridgehead atoms. The lowest BCUT2D eigenvalue weighted by Gasteiger charge is -2.24. The van der Waals surface area contributed by atoms with E-state index in [9.17, 15) is 14.7 Å². The molecule has 3 aromatic carbocycles. The summed E-state index contributed by atoms with van der Waals surface area (Å²) in [5.74, 6) is -0.0843. The van der Waals surface area contributed by atoms with E-state index >= 15 is 0 Å². The molecule has 0 radical (unpaired) electrons. The van der Waals surface area contributed by atoms with Crippen molar-refractivity contribution < 1.29 is 9.90 Å². The topological polar surface area (TPSA) is 62.5 Å². The van der Waals surface area contributed by atoms with Gasteiger partial charge in [0.25, 0.3) is 0 Å². The van der Waals surface area contributed by atoms with Crippen LogP contribution in [0.25, 0.3) is 21.8 Å². The van der Waals surface area contributed by atoms with Crippen molar-refractivity contribution in [3.05, 3.63) is 94.6 Å². The molecule has 0 spiro atoms. The first-order valence-electron chi connectivity index (χ1n) is 10.1. The Morgan fingerprint density at radius 1 is 0.800 bits per heavy atom. The molecule has 0 aliphatic rings. The highest BCUT2D eigenvalue weighted by molar-refractivity contribution is 5.94. The fourth-order valence-electron chi connectivity index (χ4n) is 3.87. The lowest BCUT2D eigenvalue weighted by molar-refractivity contribution is -0.132. The van der Waals surface area contributed by atoms with E-state index in [2.05, 4.69) is 0 Å². The maximum Gasteiger partial charge on any atom is 0.242 e. The summed E-state index contributed by atoms with van der Waals surface area (Å²) in [5, 5.41) is 10.7. The van der Waals surface area contributed by atoms with Crippen LogP contribution in [0, 0.1) is 0 Å². The molecule has 0 fully saturated rings. The summed E-state index contributed by atoms with van der Waals surface area (Å²) in [7, 11) is 0. The fraction of sp³-hybridized carbons (Fsp3) is 0.200. The third-order valence-corrected chi connectivity index (χ3v) is 5.41. The lowest BCUT2D eigenvalue weighted by atomic mass is 10.1. The monoisotopic (exact) mass is 400 g/mol.